The van der Waals surface area contributed by atoms with Crippen molar-refractivity contribution in [2.45, 2.75) is 71.4 Å². The van der Waals surface area contributed by atoms with E-state index in [1.54, 1.807) is 16.4 Å². The first-order chi connectivity index (χ1) is 16.7. The number of phenolic OH excluding ortho intramolecular Hbond substituents is 2. The maximum Gasteiger partial charge on any atom is 0.258 e. The lowest BCUT2D eigenvalue weighted by molar-refractivity contribution is -0.129. The van der Waals surface area contributed by atoms with Crippen LogP contribution in [0.4, 0.5) is 5.69 Å². The fourth-order valence-electron chi connectivity index (χ4n) is 4.22. The Bertz CT molecular complexity index is 1100. The minimum Gasteiger partial charge on any atom is -0.508 e. The van der Waals surface area contributed by atoms with Gasteiger partial charge in [0, 0.05) is 37.7 Å². The molecule has 1 aliphatic heterocycles. The number of unbranched alkanes of at least 4 members (excludes halogenated alkanes) is 3. The second-order valence-corrected chi connectivity index (χ2v) is 9.22. The van der Waals surface area contributed by atoms with Gasteiger partial charge in [0.05, 0.1) is 5.56 Å². The SMILES string of the molecule is CC(C)c1cc(C(=O)N2Cc3ccc(NC(=O)CCCCCCC(=O)NO)cc3C2)c(O)cc1O. The number of hydrogen-bond acceptors (Lipinski definition) is 6. The average Bonchev–Trinajstić information content (AvgIpc) is 3.24. The zero-order chi connectivity index (χ0) is 25.5. The molecule has 0 radical (unpaired) electrons. The van der Waals surface area contributed by atoms with Gasteiger partial charge >= 0.3 is 0 Å². The zero-order valence-electron chi connectivity index (χ0n) is 20.1. The van der Waals surface area contributed by atoms with Crippen molar-refractivity contribution in [2.75, 3.05) is 5.32 Å². The molecule has 1 heterocycles. The van der Waals surface area contributed by atoms with E-state index in [2.05, 4.69) is 5.32 Å². The third kappa shape index (κ3) is 6.73. The second-order valence-electron chi connectivity index (χ2n) is 9.22. The maximum atomic E-state index is 13.1. The number of rotatable bonds is 10. The topological polar surface area (TPSA) is 139 Å². The van der Waals surface area contributed by atoms with E-state index in [1.807, 2.05) is 32.0 Å². The lowest BCUT2D eigenvalue weighted by Gasteiger charge is -2.18. The largest absolute Gasteiger partial charge is 0.508 e. The van der Waals surface area contributed by atoms with Crippen molar-refractivity contribution in [3.63, 3.8) is 0 Å². The van der Waals surface area contributed by atoms with Gasteiger partial charge in [-0.3, -0.25) is 19.6 Å². The van der Waals surface area contributed by atoms with Gasteiger partial charge in [-0.05, 0) is 53.6 Å². The molecule has 0 aliphatic carbocycles. The van der Waals surface area contributed by atoms with Crippen LogP contribution in [0.5, 0.6) is 11.5 Å². The van der Waals surface area contributed by atoms with E-state index in [1.165, 1.54) is 6.07 Å². The Morgan fingerprint density at radius 2 is 1.54 bits per heavy atom. The fraction of sp³-hybridized carbons (Fsp3) is 0.423. The first-order valence-electron chi connectivity index (χ1n) is 11.9. The molecule has 2 aromatic carbocycles. The lowest BCUT2D eigenvalue weighted by Crippen LogP contribution is -2.25. The van der Waals surface area contributed by atoms with Crippen molar-refractivity contribution in [1.82, 2.24) is 10.4 Å². The van der Waals surface area contributed by atoms with Crippen molar-refractivity contribution in [1.29, 1.82) is 0 Å². The molecule has 1 aliphatic rings. The highest BCUT2D eigenvalue weighted by atomic mass is 16.5. The summed E-state index contributed by atoms with van der Waals surface area (Å²) in [5.41, 5.74) is 4.93. The standard InChI is InChI=1S/C26H33N3O6/c1-16(2)20-12-21(23(31)13-22(20)30)26(34)29-14-17-9-10-19(11-18(17)15-29)27-24(32)7-5-3-4-6-8-25(33)28-35/h9-13,16,30-31,35H,3-8,14-15H2,1-2H3,(H,27,32)(H,28,33). The van der Waals surface area contributed by atoms with Gasteiger partial charge in [-0.1, -0.05) is 32.8 Å². The van der Waals surface area contributed by atoms with Crippen LogP contribution in [0.15, 0.2) is 30.3 Å². The number of benzene rings is 2. The predicted molar refractivity (Wildman–Crippen MR) is 130 cm³/mol. The average molecular weight is 484 g/mol. The molecule has 2 aromatic rings. The molecule has 3 rings (SSSR count). The molecule has 0 saturated carbocycles. The number of carbonyl (C=O) groups excluding carboxylic acids is 3. The lowest BCUT2D eigenvalue weighted by atomic mass is 9.98. The van der Waals surface area contributed by atoms with Crippen LogP contribution in [0.25, 0.3) is 0 Å². The Morgan fingerprint density at radius 1 is 0.886 bits per heavy atom. The summed E-state index contributed by atoms with van der Waals surface area (Å²) in [6.07, 6.45) is 3.62. The van der Waals surface area contributed by atoms with Crippen molar-refractivity contribution in [2.24, 2.45) is 0 Å². The molecule has 0 fully saturated rings. The van der Waals surface area contributed by atoms with Crippen LogP contribution in [0.2, 0.25) is 0 Å². The number of fused-ring (bicyclic) bond motifs is 1. The molecule has 9 nitrogen and oxygen atoms in total. The van der Waals surface area contributed by atoms with Gasteiger partial charge in [-0.25, -0.2) is 5.48 Å². The van der Waals surface area contributed by atoms with Crippen molar-refractivity contribution >= 4 is 23.4 Å². The first kappa shape index (κ1) is 26.0. The maximum absolute atomic E-state index is 13.1. The minimum absolute atomic E-state index is 0.00291. The van der Waals surface area contributed by atoms with Gasteiger partial charge in [-0.2, -0.15) is 0 Å². The molecule has 0 spiro atoms. The van der Waals surface area contributed by atoms with Gasteiger partial charge in [0.15, 0.2) is 0 Å². The highest BCUT2D eigenvalue weighted by Crippen LogP contribution is 2.34. The molecule has 0 atom stereocenters. The molecule has 0 aromatic heterocycles. The molecule has 188 valence electrons. The third-order valence-electron chi connectivity index (χ3n) is 6.18. The second kappa shape index (κ2) is 11.7. The number of hydroxylamine groups is 1. The van der Waals surface area contributed by atoms with Crippen molar-refractivity contribution in [3.05, 3.63) is 52.6 Å². The summed E-state index contributed by atoms with van der Waals surface area (Å²) in [5.74, 6) is -1.11. The summed E-state index contributed by atoms with van der Waals surface area (Å²) in [6.45, 7) is 4.56. The zero-order valence-corrected chi connectivity index (χ0v) is 20.1. The number of carbonyl (C=O) groups is 3. The van der Waals surface area contributed by atoms with Crippen LogP contribution in [0, 0.1) is 0 Å². The van der Waals surface area contributed by atoms with E-state index in [4.69, 9.17) is 5.21 Å². The highest BCUT2D eigenvalue weighted by Gasteiger charge is 2.27. The smallest absolute Gasteiger partial charge is 0.258 e. The summed E-state index contributed by atoms with van der Waals surface area (Å²) in [7, 11) is 0. The van der Waals surface area contributed by atoms with Crippen LogP contribution in [-0.4, -0.2) is 38.0 Å². The normalized spacial score (nSPS) is 12.5. The number of phenols is 2. The Morgan fingerprint density at radius 3 is 2.20 bits per heavy atom. The summed E-state index contributed by atoms with van der Waals surface area (Å²) in [4.78, 5) is 38.0. The van der Waals surface area contributed by atoms with Crippen LogP contribution in [0.3, 0.4) is 0 Å². The Balaban J connectivity index is 1.54. The van der Waals surface area contributed by atoms with Crippen LogP contribution in [-0.2, 0) is 22.7 Å². The van der Waals surface area contributed by atoms with Gasteiger partial charge < -0.3 is 20.4 Å². The number of nitrogens with one attached hydrogen (secondary N) is 2. The molecule has 3 amide bonds. The van der Waals surface area contributed by atoms with E-state index < -0.39 is 5.91 Å². The summed E-state index contributed by atoms with van der Waals surface area (Å²) in [5, 5.41) is 31.7. The molecule has 35 heavy (non-hydrogen) atoms. The molecule has 9 heteroatoms. The number of anilines is 1. The van der Waals surface area contributed by atoms with Gasteiger partial charge in [0.2, 0.25) is 11.8 Å². The number of aromatic hydroxyl groups is 2. The fourth-order valence-corrected chi connectivity index (χ4v) is 4.22. The van der Waals surface area contributed by atoms with E-state index in [9.17, 15) is 24.6 Å². The Labute approximate surface area is 204 Å². The molecule has 0 bridgehead atoms. The molecule has 5 N–H and O–H groups in total. The highest BCUT2D eigenvalue weighted by molar-refractivity contribution is 5.98. The molecule has 0 unspecified atom stereocenters. The Hall–Kier alpha value is -3.59. The summed E-state index contributed by atoms with van der Waals surface area (Å²) >= 11 is 0. The van der Waals surface area contributed by atoms with Crippen molar-refractivity contribution in [3.8, 4) is 11.5 Å². The van der Waals surface area contributed by atoms with Gasteiger partial charge in [-0.15, -0.1) is 0 Å². The minimum atomic E-state index is -0.403. The van der Waals surface area contributed by atoms with Crippen LogP contribution < -0.4 is 10.8 Å². The molecule has 0 saturated heterocycles. The van der Waals surface area contributed by atoms with Crippen LogP contribution >= 0.6 is 0 Å². The van der Waals surface area contributed by atoms with E-state index in [-0.39, 0.29) is 41.2 Å². The Kier molecular flexibility index (Phi) is 8.70. The van der Waals surface area contributed by atoms with E-state index in [0.29, 0.717) is 43.6 Å². The number of hydrogen-bond donors (Lipinski definition) is 5. The van der Waals surface area contributed by atoms with Gasteiger partial charge in [0.25, 0.3) is 5.91 Å². The number of amides is 3. The summed E-state index contributed by atoms with van der Waals surface area (Å²) < 4.78 is 0. The molecular formula is C26H33N3O6. The van der Waals surface area contributed by atoms with Crippen LogP contribution in [0.1, 0.15) is 85.3 Å². The first-order valence-corrected chi connectivity index (χ1v) is 11.9. The monoisotopic (exact) mass is 483 g/mol. The van der Waals surface area contributed by atoms with E-state index >= 15 is 0 Å². The number of nitrogens with zero attached hydrogens (tertiary/aromatic N) is 1. The van der Waals surface area contributed by atoms with Gasteiger partial charge in [0.1, 0.15) is 11.5 Å². The van der Waals surface area contributed by atoms with Crippen molar-refractivity contribution < 1.29 is 29.8 Å². The summed E-state index contributed by atoms with van der Waals surface area (Å²) in [6, 6.07) is 8.33. The third-order valence-corrected chi connectivity index (χ3v) is 6.18. The predicted octanol–water partition coefficient (Wildman–Crippen LogP) is 4.16. The quantitative estimate of drug-likeness (QED) is 0.195. The molecular weight excluding hydrogens is 450 g/mol. The van der Waals surface area contributed by atoms with E-state index in [0.717, 1.165) is 24.0 Å².